The van der Waals surface area contributed by atoms with Crippen molar-refractivity contribution in [2.45, 2.75) is 13.0 Å². The average molecular weight is 253 g/mol. The van der Waals surface area contributed by atoms with E-state index in [9.17, 15) is 12.8 Å². The van der Waals surface area contributed by atoms with E-state index in [-0.39, 0.29) is 5.02 Å². The van der Waals surface area contributed by atoms with Crippen molar-refractivity contribution in [3.05, 3.63) is 34.6 Å². The van der Waals surface area contributed by atoms with E-state index in [1.807, 2.05) is 0 Å². The Balaban J connectivity index is 2.92. The fourth-order valence-corrected chi connectivity index (χ4v) is 1.84. The van der Waals surface area contributed by atoms with Crippen LogP contribution in [-0.4, -0.2) is 14.7 Å². The largest absolute Gasteiger partial charge is 0.264 e. The van der Waals surface area contributed by atoms with Crippen LogP contribution in [0.1, 0.15) is 18.6 Å². The molecule has 0 amide bonds. The molecule has 0 aliphatic heterocycles. The van der Waals surface area contributed by atoms with Gasteiger partial charge in [0.05, 0.1) is 17.4 Å². The van der Waals surface area contributed by atoms with E-state index in [0.29, 0.717) is 5.56 Å². The molecule has 0 spiro atoms. The molecule has 0 radical (unpaired) electrons. The van der Waals surface area contributed by atoms with Gasteiger partial charge < -0.3 is 0 Å². The Hall–Kier alpha value is -0.650. The standard InChI is InChI=1S/C9H10ClFO3S/c1-6(14-15(2,12)13)7-3-4-8(10)9(11)5-7/h3-6H,1-2H3. The highest BCUT2D eigenvalue weighted by Gasteiger charge is 2.13. The van der Waals surface area contributed by atoms with Crippen molar-refractivity contribution in [2.24, 2.45) is 0 Å². The van der Waals surface area contributed by atoms with Crippen LogP contribution in [-0.2, 0) is 14.3 Å². The fourth-order valence-electron chi connectivity index (χ4n) is 1.08. The molecule has 1 unspecified atom stereocenters. The lowest BCUT2D eigenvalue weighted by atomic mass is 10.1. The third kappa shape index (κ3) is 3.77. The predicted octanol–water partition coefficient (Wildman–Crippen LogP) is 2.52. The molecule has 1 rings (SSSR count). The highest BCUT2D eigenvalue weighted by molar-refractivity contribution is 7.86. The van der Waals surface area contributed by atoms with Crippen LogP contribution >= 0.6 is 11.6 Å². The van der Waals surface area contributed by atoms with Crippen molar-refractivity contribution in [2.75, 3.05) is 6.26 Å². The zero-order valence-electron chi connectivity index (χ0n) is 8.20. The third-order valence-electron chi connectivity index (χ3n) is 1.73. The molecular formula is C9H10ClFO3S. The highest BCUT2D eigenvalue weighted by atomic mass is 35.5. The van der Waals surface area contributed by atoms with Gasteiger partial charge in [-0.3, -0.25) is 4.18 Å². The summed E-state index contributed by atoms with van der Waals surface area (Å²) in [6.07, 6.45) is 0.210. The monoisotopic (exact) mass is 252 g/mol. The molecule has 0 fully saturated rings. The molecule has 1 atom stereocenters. The molecule has 0 saturated carbocycles. The van der Waals surface area contributed by atoms with E-state index in [2.05, 4.69) is 4.18 Å². The van der Waals surface area contributed by atoms with Gasteiger partial charge in [0, 0.05) is 0 Å². The van der Waals surface area contributed by atoms with Crippen LogP contribution in [0.3, 0.4) is 0 Å². The number of benzene rings is 1. The van der Waals surface area contributed by atoms with Crippen molar-refractivity contribution in [1.82, 2.24) is 0 Å². The molecule has 6 heteroatoms. The van der Waals surface area contributed by atoms with Crippen molar-refractivity contribution >= 4 is 21.7 Å². The number of halogens is 2. The molecule has 0 heterocycles. The first-order valence-corrected chi connectivity index (χ1v) is 6.32. The van der Waals surface area contributed by atoms with Gasteiger partial charge in [0.15, 0.2) is 0 Å². The lowest BCUT2D eigenvalue weighted by Crippen LogP contribution is -2.07. The first-order chi connectivity index (χ1) is 6.79. The summed E-state index contributed by atoms with van der Waals surface area (Å²) in [5.41, 5.74) is 0.419. The molecule has 0 N–H and O–H groups in total. The van der Waals surface area contributed by atoms with Crippen molar-refractivity contribution < 1.29 is 17.0 Å². The Labute approximate surface area is 92.9 Å². The maximum atomic E-state index is 13.0. The normalized spacial score (nSPS) is 13.9. The summed E-state index contributed by atoms with van der Waals surface area (Å²) < 4.78 is 39.4. The van der Waals surface area contributed by atoms with Gasteiger partial charge in [0.25, 0.3) is 10.1 Å². The van der Waals surface area contributed by atoms with E-state index < -0.39 is 22.0 Å². The minimum atomic E-state index is -3.55. The number of rotatable bonds is 3. The summed E-state index contributed by atoms with van der Waals surface area (Å²) in [5, 5.41) is -0.00898. The van der Waals surface area contributed by atoms with E-state index in [4.69, 9.17) is 11.6 Å². The Bertz CT molecular complexity index is 458. The SMILES string of the molecule is CC(OS(C)(=O)=O)c1ccc(Cl)c(F)c1. The lowest BCUT2D eigenvalue weighted by molar-refractivity contribution is 0.236. The van der Waals surface area contributed by atoms with Gasteiger partial charge in [-0.2, -0.15) is 8.42 Å². The fraction of sp³-hybridized carbons (Fsp3) is 0.333. The van der Waals surface area contributed by atoms with Crippen molar-refractivity contribution in [1.29, 1.82) is 0 Å². The van der Waals surface area contributed by atoms with Gasteiger partial charge in [-0.05, 0) is 24.6 Å². The summed E-state index contributed by atoms with van der Waals surface area (Å²) in [6, 6.07) is 4.02. The van der Waals surface area contributed by atoms with Gasteiger partial charge >= 0.3 is 0 Å². The smallest absolute Gasteiger partial charge is 0.262 e. The molecule has 15 heavy (non-hydrogen) atoms. The molecule has 1 aromatic rings. The van der Waals surface area contributed by atoms with Crippen LogP contribution in [0.2, 0.25) is 5.02 Å². The Morgan fingerprint density at radius 1 is 1.47 bits per heavy atom. The molecule has 0 aliphatic carbocycles. The number of hydrogen-bond donors (Lipinski definition) is 0. The van der Waals surface area contributed by atoms with E-state index in [1.165, 1.54) is 19.1 Å². The van der Waals surface area contributed by atoms with Gasteiger partial charge in [0.2, 0.25) is 0 Å². The van der Waals surface area contributed by atoms with Gasteiger partial charge in [0.1, 0.15) is 5.82 Å². The molecule has 0 aliphatic rings. The summed E-state index contributed by atoms with van der Waals surface area (Å²) in [7, 11) is -3.55. The van der Waals surface area contributed by atoms with Crippen molar-refractivity contribution in [3.8, 4) is 0 Å². The molecule has 0 bridgehead atoms. The molecule has 3 nitrogen and oxygen atoms in total. The minimum absolute atomic E-state index is 0.00898. The molecule has 0 saturated heterocycles. The highest BCUT2D eigenvalue weighted by Crippen LogP contribution is 2.23. The van der Waals surface area contributed by atoms with Crippen molar-refractivity contribution in [3.63, 3.8) is 0 Å². The van der Waals surface area contributed by atoms with E-state index >= 15 is 0 Å². The van der Waals surface area contributed by atoms with Gasteiger partial charge in [-0.25, -0.2) is 4.39 Å². The quantitative estimate of drug-likeness (QED) is 0.777. The zero-order valence-corrected chi connectivity index (χ0v) is 9.77. The molecule has 1 aromatic carbocycles. The second-order valence-electron chi connectivity index (χ2n) is 3.12. The average Bonchev–Trinajstić information content (AvgIpc) is 2.06. The van der Waals surface area contributed by atoms with Crippen LogP contribution in [0.25, 0.3) is 0 Å². The maximum Gasteiger partial charge on any atom is 0.264 e. The Morgan fingerprint density at radius 2 is 2.07 bits per heavy atom. The lowest BCUT2D eigenvalue weighted by Gasteiger charge is -2.11. The van der Waals surface area contributed by atoms with Crippen LogP contribution in [0.15, 0.2) is 18.2 Å². The predicted molar refractivity (Wildman–Crippen MR) is 55.8 cm³/mol. The molecule has 84 valence electrons. The van der Waals surface area contributed by atoms with E-state index in [0.717, 1.165) is 12.3 Å². The maximum absolute atomic E-state index is 13.0. The van der Waals surface area contributed by atoms with Crippen LogP contribution in [0, 0.1) is 5.82 Å². The summed E-state index contributed by atoms with van der Waals surface area (Å²) in [5.74, 6) is -0.599. The van der Waals surface area contributed by atoms with Gasteiger partial charge in [-0.1, -0.05) is 17.7 Å². The first-order valence-electron chi connectivity index (χ1n) is 4.13. The topological polar surface area (TPSA) is 43.4 Å². The minimum Gasteiger partial charge on any atom is -0.262 e. The van der Waals surface area contributed by atoms with Crippen LogP contribution < -0.4 is 0 Å². The van der Waals surface area contributed by atoms with Crippen LogP contribution in [0.4, 0.5) is 4.39 Å². The van der Waals surface area contributed by atoms with Gasteiger partial charge in [-0.15, -0.1) is 0 Å². The number of hydrogen-bond acceptors (Lipinski definition) is 3. The Morgan fingerprint density at radius 3 is 2.53 bits per heavy atom. The summed E-state index contributed by atoms with van der Waals surface area (Å²) in [4.78, 5) is 0. The zero-order chi connectivity index (χ0) is 11.6. The first kappa shape index (κ1) is 12.4. The molecular weight excluding hydrogens is 243 g/mol. The second-order valence-corrected chi connectivity index (χ2v) is 5.12. The second kappa shape index (κ2) is 4.47. The summed E-state index contributed by atoms with van der Waals surface area (Å²) in [6.45, 7) is 1.52. The van der Waals surface area contributed by atoms with E-state index in [1.54, 1.807) is 0 Å². The van der Waals surface area contributed by atoms with Crippen LogP contribution in [0.5, 0.6) is 0 Å². The third-order valence-corrected chi connectivity index (χ3v) is 2.68. The Kier molecular flexibility index (Phi) is 3.70. The summed E-state index contributed by atoms with van der Waals surface area (Å²) >= 11 is 5.48. The molecule has 0 aromatic heterocycles.